The van der Waals surface area contributed by atoms with Crippen molar-refractivity contribution < 1.29 is 5.11 Å². The largest absolute Gasteiger partial charge is 0.384 e. The number of aromatic nitrogens is 1. The molecule has 0 radical (unpaired) electrons. The van der Waals surface area contributed by atoms with Crippen molar-refractivity contribution in [3.05, 3.63) is 41.2 Å². The molecule has 1 aromatic rings. The van der Waals surface area contributed by atoms with Gasteiger partial charge in [0.15, 0.2) is 0 Å². The number of aliphatic hydroxyl groups is 1. The predicted molar refractivity (Wildman–Crippen MR) is 49.0 cm³/mol. The minimum Gasteiger partial charge on any atom is -0.384 e. The summed E-state index contributed by atoms with van der Waals surface area (Å²) in [6, 6.07) is 3.37. The molecule has 3 heteroatoms. The Hall–Kier alpha value is -0.860. The summed E-state index contributed by atoms with van der Waals surface area (Å²) >= 11 is 5.58. The molecule has 0 aliphatic carbocycles. The summed E-state index contributed by atoms with van der Waals surface area (Å²) in [5.74, 6) is 0. The molecule has 1 rings (SSSR count). The molecular weight excluding hydrogens is 174 g/mol. The van der Waals surface area contributed by atoms with Crippen LogP contribution in [-0.4, -0.2) is 10.1 Å². The molecule has 0 amide bonds. The lowest BCUT2D eigenvalue weighted by Crippen LogP contribution is -1.97. The number of hydrogen-bond donors (Lipinski definition) is 1. The van der Waals surface area contributed by atoms with Gasteiger partial charge in [0.1, 0.15) is 11.3 Å². The van der Waals surface area contributed by atoms with E-state index in [9.17, 15) is 5.11 Å². The fourth-order valence-corrected chi connectivity index (χ4v) is 0.945. The Morgan fingerprint density at radius 1 is 1.67 bits per heavy atom. The molecule has 0 bridgehead atoms. The highest BCUT2D eigenvalue weighted by Crippen LogP contribution is 2.19. The Bertz CT molecular complexity index is 281. The van der Waals surface area contributed by atoms with Crippen LogP contribution in [0.3, 0.4) is 0 Å². The predicted octanol–water partition coefficient (Wildman–Crippen LogP) is 2.34. The van der Waals surface area contributed by atoms with Gasteiger partial charge < -0.3 is 5.11 Å². The molecule has 64 valence electrons. The zero-order chi connectivity index (χ0) is 9.14. The van der Waals surface area contributed by atoms with Gasteiger partial charge in [0.2, 0.25) is 0 Å². The van der Waals surface area contributed by atoms with Crippen molar-refractivity contribution in [2.24, 2.45) is 0 Å². The number of aliphatic hydroxyl groups excluding tert-OH is 1. The number of rotatable bonds is 2. The normalized spacial score (nSPS) is 12.6. The zero-order valence-corrected chi connectivity index (χ0v) is 7.54. The number of hydrogen-bond acceptors (Lipinski definition) is 2. The summed E-state index contributed by atoms with van der Waals surface area (Å²) in [4.78, 5) is 3.85. The lowest BCUT2D eigenvalue weighted by molar-refractivity contribution is 0.216. The number of nitrogens with zero attached hydrogens (tertiary/aromatic N) is 1. The molecule has 0 saturated heterocycles. The van der Waals surface area contributed by atoms with E-state index in [0.29, 0.717) is 16.3 Å². The van der Waals surface area contributed by atoms with Crippen LogP contribution in [0.15, 0.2) is 30.5 Å². The van der Waals surface area contributed by atoms with Gasteiger partial charge in [-0.15, -0.1) is 0 Å². The zero-order valence-electron chi connectivity index (χ0n) is 6.79. The first-order chi connectivity index (χ1) is 5.61. The molecule has 1 unspecified atom stereocenters. The molecule has 12 heavy (non-hydrogen) atoms. The Kier molecular flexibility index (Phi) is 2.84. The van der Waals surface area contributed by atoms with Crippen LogP contribution in [0.1, 0.15) is 18.6 Å². The van der Waals surface area contributed by atoms with Crippen molar-refractivity contribution >= 4 is 11.6 Å². The van der Waals surface area contributed by atoms with Crippen LogP contribution in [0.2, 0.25) is 5.15 Å². The molecule has 2 nitrogen and oxygen atoms in total. The average molecular weight is 184 g/mol. The summed E-state index contributed by atoms with van der Waals surface area (Å²) in [6.07, 6.45) is 0.900. The van der Waals surface area contributed by atoms with Crippen LogP contribution in [0.5, 0.6) is 0 Å². The van der Waals surface area contributed by atoms with E-state index in [0.717, 1.165) is 0 Å². The monoisotopic (exact) mass is 183 g/mol. The Labute approximate surface area is 76.5 Å². The van der Waals surface area contributed by atoms with Crippen LogP contribution in [0.25, 0.3) is 0 Å². The summed E-state index contributed by atoms with van der Waals surface area (Å²) in [5, 5.41) is 9.93. The van der Waals surface area contributed by atoms with Crippen LogP contribution in [0, 0.1) is 0 Å². The van der Waals surface area contributed by atoms with Gasteiger partial charge in [0.25, 0.3) is 0 Å². The Morgan fingerprint density at radius 3 is 2.75 bits per heavy atom. The van der Waals surface area contributed by atoms with E-state index in [1.54, 1.807) is 25.3 Å². The van der Waals surface area contributed by atoms with E-state index < -0.39 is 6.10 Å². The van der Waals surface area contributed by atoms with Crippen molar-refractivity contribution in [3.8, 4) is 0 Å². The lowest BCUT2D eigenvalue weighted by atomic mass is 10.1. The number of halogens is 1. The first kappa shape index (κ1) is 9.23. The SMILES string of the molecule is C=C(C)C(O)c1ccc(Cl)nc1. The lowest BCUT2D eigenvalue weighted by Gasteiger charge is -2.09. The second-order valence-electron chi connectivity index (χ2n) is 2.66. The minimum absolute atomic E-state index is 0.424. The molecule has 1 N–H and O–H groups in total. The van der Waals surface area contributed by atoms with Gasteiger partial charge in [-0.3, -0.25) is 0 Å². The smallest absolute Gasteiger partial charge is 0.129 e. The Morgan fingerprint density at radius 2 is 2.33 bits per heavy atom. The molecule has 1 aromatic heterocycles. The molecule has 0 aliphatic heterocycles. The molecule has 1 atom stereocenters. The van der Waals surface area contributed by atoms with Gasteiger partial charge in [-0.2, -0.15) is 0 Å². The van der Waals surface area contributed by atoms with Crippen LogP contribution in [-0.2, 0) is 0 Å². The van der Waals surface area contributed by atoms with Gasteiger partial charge >= 0.3 is 0 Å². The van der Waals surface area contributed by atoms with Crippen molar-refractivity contribution in [3.63, 3.8) is 0 Å². The second kappa shape index (κ2) is 3.70. The van der Waals surface area contributed by atoms with Crippen LogP contribution >= 0.6 is 11.6 Å². The highest BCUT2D eigenvalue weighted by atomic mass is 35.5. The summed E-state index contributed by atoms with van der Waals surface area (Å²) in [5.41, 5.74) is 1.41. The summed E-state index contributed by atoms with van der Waals surface area (Å²) in [7, 11) is 0. The van der Waals surface area contributed by atoms with E-state index >= 15 is 0 Å². The third-order valence-corrected chi connectivity index (χ3v) is 1.76. The third kappa shape index (κ3) is 2.06. The van der Waals surface area contributed by atoms with E-state index in [-0.39, 0.29) is 0 Å². The molecule has 0 aliphatic rings. The van der Waals surface area contributed by atoms with E-state index in [2.05, 4.69) is 11.6 Å². The van der Waals surface area contributed by atoms with Crippen molar-refractivity contribution in [2.75, 3.05) is 0 Å². The minimum atomic E-state index is -0.644. The van der Waals surface area contributed by atoms with Gasteiger partial charge in [-0.25, -0.2) is 4.98 Å². The summed E-state index contributed by atoms with van der Waals surface area (Å²) in [6.45, 7) is 5.41. The first-order valence-electron chi connectivity index (χ1n) is 3.56. The molecule has 1 heterocycles. The maximum Gasteiger partial charge on any atom is 0.129 e. The molecule has 0 saturated carbocycles. The quantitative estimate of drug-likeness (QED) is 0.564. The molecule has 0 fully saturated rings. The van der Waals surface area contributed by atoms with Crippen molar-refractivity contribution in [1.29, 1.82) is 0 Å². The number of pyridine rings is 1. The van der Waals surface area contributed by atoms with Gasteiger partial charge in [-0.1, -0.05) is 24.2 Å². The molecule has 0 spiro atoms. The maximum absolute atomic E-state index is 9.51. The summed E-state index contributed by atoms with van der Waals surface area (Å²) < 4.78 is 0. The fraction of sp³-hybridized carbons (Fsp3) is 0.222. The van der Waals surface area contributed by atoms with E-state index in [4.69, 9.17) is 11.6 Å². The van der Waals surface area contributed by atoms with Crippen molar-refractivity contribution in [1.82, 2.24) is 4.98 Å². The highest BCUT2D eigenvalue weighted by Gasteiger charge is 2.07. The fourth-order valence-electron chi connectivity index (χ4n) is 0.834. The Balaban J connectivity index is 2.89. The molecular formula is C9H10ClNO. The van der Waals surface area contributed by atoms with E-state index in [1.165, 1.54) is 0 Å². The topological polar surface area (TPSA) is 33.1 Å². The standard InChI is InChI=1S/C9H10ClNO/c1-6(2)9(12)7-3-4-8(10)11-5-7/h3-5,9,12H,1H2,2H3. The maximum atomic E-state index is 9.51. The van der Waals surface area contributed by atoms with Crippen molar-refractivity contribution in [2.45, 2.75) is 13.0 Å². The van der Waals surface area contributed by atoms with Gasteiger partial charge in [-0.05, 0) is 18.6 Å². The second-order valence-corrected chi connectivity index (χ2v) is 3.05. The van der Waals surface area contributed by atoms with E-state index in [1.807, 2.05) is 0 Å². The molecule has 0 aromatic carbocycles. The highest BCUT2D eigenvalue weighted by molar-refractivity contribution is 6.29. The van der Waals surface area contributed by atoms with Gasteiger partial charge in [0, 0.05) is 11.8 Å². The van der Waals surface area contributed by atoms with Gasteiger partial charge in [0.05, 0.1) is 0 Å². The van der Waals surface area contributed by atoms with Crippen LogP contribution in [0.4, 0.5) is 0 Å². The average Bonchev–Trinajstić information content (AvgIpc) is 2.04. The van der Waals surface area contributed by atoms with Crippen LogP contribution < -0.4 is 0 Å². The first-order valence-corrected chi connectivity index (χ1v) is 3.94. The third-order valence-electron chi connectivity index (χ3n) is 1.53.